The molecular weight excluding hydrogens is 357 g/mol. The number of nitriles is 1. The summed E-state index contributed by atoms with van der Waals surface area (Å²) in [5.41, 5.74) is 1.68. The van der Waals surface area contributed by atoms with Crippen LogP contribution in [0.5, 0.6) is 5.75 Å². The summed E-state index contributed by atoms with van der Waals surface area (Å²) in [7, 11) is 0. The number of benzene rings is 2. The highest BCUT2D eigenvalue weighted by Crippen LogP contribution is 2.52. The van der Waals surface area contributed by atoms with E-state index in [9.17, 15) is 14.4 Å². The van der Waals surface area contributed by atoms with Gasteiger partial charge in [-0.05, 0) is 29.8 Å². The Hall–Kier alpha value is -3.72. The summed E-state index contributed by atoms with van der Waals surface area (Å²) >= 11 is 0. The van der Waals surface area contributed by atoms with E-state index in [1.807, 2.05) is 48.5 Å². The minimum atomic E-state index is -1.08. The summed E-state index contributed by atoms with van der Waals surface area (Å²) in [6.45, 7) is 0.394. The van der Waals surface area contributed by atoms with E-state index in [4.69, 9.17) is 4.74 Å². The first-order valence-corrected chi connectivity index (χ1v) is 8.83. The van der Waals surface area contributed by atoms with Gasteiger partial charge < -0.3 is 9.64 Å². The van der Waals surface area contributed by atoms with Crippen LogP contribution < -0.4 is 9.64 Å². The number of carbonyl (C=O) groups is 1. The van der Waals surface area contributed by atoms with Gasteiger partial charge in [0.05, 0.1) is 17.8 Å². The molecule has 28 heavy (non-hydrogen) atoms. The zero-order valence-electron chi connectivity index (χ0n) is 14.7. The lowest BCUT2D eigenvalue weighted by molar-refractivity contribution is -0.122. The van der Waals surface area contributed by atoms with Crippen LogP contribution in [0.1, 0.15) is 22.4 Å². The van der Waals surface area contributed by atoms with E-state index < -0.39 is 11.2 Å². The van der Waals surface area contributed by atoms with Crippen LogP contribution in [0.25, 0.3) is 0 Å². The first-order valence-electron chi connectivity index (χ1n) is 8.83. The number of anilines is 1. The van der Waals surface area contributed by atoms with E-state index in [0.717, 1.165) is 16.9 Å². The molecule has 2 aromatic carbocycles. The van der Waals surface area contributed by atoms with Gasteiger partial charge in [-0.25, -0.2) is 4.39 Å². The highest BCUT2D eigenvalue weighted by atomic mass is 19.1. The Morgan fingerprint density at radius 3 is 2.79 bits per heavy atom. The van der Waals surface area contributed by atoms with Gasteiger partial charge in [-0.3, -0.25) is 9.78 Å². The van der Waals surface area contributed by atoms with Crippen molar-refractivity contribution in [2.24, 2.45) is 0 Å². The molecule has 2 aliphatic rings. The number of rotatable bonds is 2. The average molecular weight is 371 g/mol. The molecule has 6 heteroatoms. The summed E-state index contributed by atoms with van der Waals surface area (Å²) in [5, 5.41) is 9.25. The summed E-state index contributed by atoms with van der Waals surface area (Å²) < 4.78 is 19.8. The van der Waals surface area contributed by atoms with E-state index in [1.54, 1.807) is 11.1 Å². The molecule has 0 radical (unpaired) electrons. The minimum Gasteiger partial charge on any atom is -0.491 e. The second-order valence-corrected chi connectivity index (χ2v) is 6.86. The van der Waals surface area contributed by atoms with E-state index in [1.165, 1.54) is 12.1 Å². The molecule has 0 fully saturated rings. The Bertz CT molecular complexity index is 1160. The largest absolute Gasteiger partial charge is 0.491 e. The Labute approximate surface area is 160 Å². The fraction of sp³-hybridized carbons (Fsp3) is 0.136. The Kier molecular flexibility index (Phi) is 3.46. The predicted octanol–water partition coefficient (Wildman–Crippen LogP) is 3.32. The summed E-state index contributed by atoms with van der Waals surface area (Å²) in [6.07, 6.45) is 1.69. The number of hydrogen-bond donors (Lipinski definition) is 0. The Morgan fingerprint density at radius 2 is 2.00 bits per heavy atom. The van der Waals surface area contributed by atoms with Gasteiger partial charge in [-0.1, -0.05) is 24.3 Å². The summed E-state index contributed by atoms with van der Waals surface area (Å²) in [6, 6.07) is 17.6. The first kappa shape index (κ1) is 16.5. The van der Waals surface area contributed by atoms with Crippen LogP contribution >= 0.6 is 0 Å². The van der Waals surface area contributed by atoms with Gasteiger partial charge in [0, 0.05) is 23.5 Å². The fourth-order valence-electron chi connectivity index (χ4n) is 4.09. The quantitative estimate of drug-likeness (QED) is 0.693. The number of ether oxygens (including phenoxy) is 1. The van der Waals surface area contributed by atoms with Crippen LogP contribution in [0.4, 0.5) is 10.1 Å². The van der Waals surface area contributed by atoms with Crippen molar-refractivity contribution in [3.05, 3.63) is 89.0 Å². The zero-order chi connectivity index (χ0) is 19.3. The highest BCUT2D eigenvalue weighted by Gasteiger charge is 2.57. The van der Waals surface area contributed by atoms with Crippen molar-refractivity contribution in [2.75, 3.05) is 11.5 Å². The number of fused-ring (bicyclic) bond motifs is 4. The molecule has 0 saturated heterocycles. The SMILES string of the molecule is N#Cc1cc2c(cc1F)OCC21C(=O)N(Cc2ccccn2)c2ccccc21. The molecule has 136 valence electrons. The highest BCUT2D eigenvalue weighted by molar-refractivity contribution is 6.11. The molecule has 1 amide bonds. The third kappa shape index (κ3) is 2.10. The first-order chi connectivity index (χ1) is 13.6. The molecular formula is C22H14FN3O2. The van der Waals surface area contributed by atoms with E-state index >= 15 is 0 Å². The predicted molar refractivity (Wildman–Crippen MR) is 99.3 cm³/mol. The molecule has 1 atom stereocenters. The van der Waals surface area contributed by atoms with E-state index in [0.29, 0.717) is 17.9 Å². The molecule has 0 saturated carbocycles. The minimum absolute atomic E-state index is 0.0746. The van der Waals surface area contributed by atoms with Gasteiger partial charge in [0.2, 0.25) is 5.91 Å². The van der Waals surface area contributed by atoms with Crippen LogP contribution in [-0.2, 0) is 16.8 Å². The van der Waals surface area contributed by atoms with Crippen molar-refractivity contribution in [1.82, 2.24) is 4.98 Å². The van der Waals surface area contributed by atoms with Crippen LogP contribution in [0.2, 0.25) is 0 Å². The Morgan fingerprint density at radius 1 is 1.18 bits per heavy atom. The molecule has 0 N–H and O–H groups in total. The van der Waals surface area contributed by atoms with Gasteiger partial charge in [0.1, 0.15) is 29.7 Å². The van der Waals surface area contributed by atoms with Crippen LogP contribution in [0, 0.1) is 17.1 Å². The number of carbonyl (C=O) groups excluding carboxylic acids is 1. The molecule has 0 bridgehead atoms. The number of nitrogens with zero attached hydrogens (tertiary/aromatic N) is 3. The maximum atomic E-state index is 14.1. The molecule has 3 aromatic rings. The number of aromatic nitrogens is 1. The Balaban J connectivity index is 1.69. The van der Waals surface area contributed by atoms with Crippen LogP contribution in [0.15, 0.2) is 60.8 Å². The number of amides is 1. The fourth-order valence-corrected chi connectivity index (χ4v) is 4.09. The third-order valence-electron chi connectivity index (χ3n) is 5.40. The normalized spacial score (nSPS) is 19.3. The molecule has 5 nitrogen and oxygen atoms in total. The van der Waals surface area contributed by atoms with Crippen molar-refractivity contribution in [1.29, 1.82) is 5.26 Å². The van der Waals surface area contributed by atoms with Gasteiger partial charge >= 0.3 is 0 Å². The molecule has 0 aliphatic carbocycles. The van der Waals surface area contributed by atoms with Crippen molar-refractivity contribution in [3.63, 3.8) is 0 Å². The topological polar surface area (TPSA) is 66.2 Å². The lowest BCUT2D eigenvalue weighted by atomic mass is 9.76. The zero-order valence-corrected chi connectivity index (χ0v) is 14.7. The molecule has 1 spiro atoms. The van der Waals surface area contributed by atoms with Crippen molar-refractivity contribution in [2.45, 2.75) is 12.0 Å². The van der Waals surface area contributed by atoms with Crippen molar-refractivity contribution < 1.29 is 13.9 Å². The van der Waals surface area contributed by atoms with Crippen molar-refractivity contribution >= 4 is 11.6 Å². The van der Waals surface area contributed by atoms with Gasteiger partial charge in [0.25, 0.3) is 0 Å². The number of hydrogen-bond acceptors (Lipinski definition) is 4. The van der Waals surface area contributed by atoms with Crippen LogP contribution in [0.3, 0.4) is 0 Å². The van der Waals surface area contributed by atoms with Gasteiger partial charge in [0.15, 0.2) is 0 Å². The molecule has 1 unspecified atom stereocenters. The number of halogens is 1. The lowest BCUT2D eigenvalue weighted by Gasteiger charge is -2.23. The second-order valence-electron chi connectivity index (χ2n) is 6.86. The molecule has 1 aromatic heterocycles. The van der Waals surface area contributed by atoms with Crippen LogP contribution in [-0.4, -0.2) is 17.5 Å². The molecule has 5 rings (SSSR count). The maximum absolute atomic E-state index is 14.1. The average Bonchev–Trinajstić information content (AvgIpc) is 3.20. The smallest absolute Gasteiger partial charge is 0.246 e. The molecule has 2 aliphatic heterocycles. The van der Waals surface area contributed by atoms with E-state index in [-0.39, 0.29) is 18.1 Å². The van der Waals surface area contributed by atoms with Gasteiger partial charge in [-0.2, -0.15) is 5.26 Å². The van der Waals surface area contributed by atoms with Gasteiger partial charge in [-0.15, -0.1) is 0 Å². The summed E-state index contributed by atoms with van der Waals surface area (Å²) in [5.74, 6) is -0.504. The third-order valence-corrected chi connectivity index (χ3v) is 5.40. The molecule has 3 heterocycles. The maximum Gasteiger partial charge on any atom is 0.246 e. The lowest BCUT2D eigenvalue weighted by Crippen LogP contribution is -2.42. The second kappa shape index (κ2) is 5.89. The monoisotopic (exact) mass is 371 g/mol. The van der Waals surface area contributed by atoms with E-state index in [2.05, 4.69) is 4.98 Å². The van der Waals surface area contributed by atoms with Crippen molar-refractivity contribution in [3.8, 4) is 11.8 Å². The number of pyridine rings is 1. The number of para-hydroxylation sites is 1. The standard InChI is InChI=1S/C22H14FN3O2/c23-18-10-20-17(9-14(18)11-24)22(13-28-20)16-6-1-2-7-19(16)26(21(22)27)12-15-5-3-4-8-25-15/h1-10H,12-13H2. The summed E-state index contributed by atoms with van der Waals surface area (Å²) in [4.78, 5) is 19.7.